The molecule has 21 heavy (non-hydrogen) atoms. The highest BCUT2D eigenvalue weighted by Crippen LogP contribution is 2.10. The Bertz CT molecular complexity index is 384. The number of carbonyl (C=O) groups is 3. The van der Waals surface area contributed by atoms with E-state index in [4.69, 9.17) is 9.84 Å². The van der Waals surface area contributed by atoms with Gasteiger partial charge in [-0.2, -0.15) is 0 Å². The molecular formula is C13H23N3O5. The summed E-state index contributed by atoms with van der Waals surface area (Å²) in [7, 11) is 0. The molecule has 0 saturated carbocycles. The van der Waals surface area contributed by atoms with Crippen LogP contribution in [-0.2, 0) is 14.3 Å². The van der Waals surface area contributed by atoms with Gasteiger partial charge in [0.1, 0.15) is 0 Å². The number of morpholine rings is 1. The molecule has 120 valence electrons. The van der Waals surface area contributed by atoms with Crippen molar-refractivity contribution in [2.24, 2.45) is 0 Å². The Morgan fingerprint density at radius 2 is 2.00 bits per heavy atom. The molecule has 3 amide bonds. The third kappa shape index (κ3) is 5.22. The van der Waals surface area contributed by atoms with Crippen LogP contribution in [0.25, 0.3) is 0 Å². The van der Waals surface area contributed by atoms with Crippen LogP contribution in [0.2, 0.25) is 0 Å². The lowest BCUT2D eigenvalue weighted by atomic mass is 10.1. The Kier molecular flexibility index (Phi) is 6.93. The first kappa shape index (κ1) is 17.2. The van der Waals surface area contributed by atoms with Crippen molar-refractivity contribution in [1.82, 2.24) is 15.1 Å². The van der Waals surface area contributed by atoms with Crippen LogP contribution in [0.4, 0.5) is 4.79 Å². The third-order valence-corrected chi connectivity index (χ3v) is 3.41. The van der Waals surface area contributed by atoms with Crippen LogP contribution in [0.1, 0.15) is 20.3 Å². The van der Waals surface area contributed by atoms with Gasteiger partial charge in [0.15, 0.2) is 0 Å². The van der Waals surface area contributed by atoms with Gasteiger partial charge in [-0.05, 0) is 13.8 Å². The smallest absolute Gasteiger partial charge is 0.318 e. The zero-order valence-electron chi connectivity index (χ0n) is 12.5. The maximum absolute atomic E-state index is 12.1. The molecule has 0 aromatic rings. The second-order valence-electron chi connectivity index (χ2n) is 4.74. The summed E-state index contributed by atoms with van der Waals surface area (Å²) >= 11 is 0. The van der Waals surface area contributed by atoms with Crippen LogP contribution in [0.5, 0.6) is 0 Å². The molecular weight excluding hydrogens is 278 g/mol. The number of likely N-dealkylation sites (N-methyl/N-ethyl adjacent to an activating group) is 1. The number of hydrogen-bond acceptors (Lipinski definition) is 4. The average Bonchev–Trinajstić information content (AvgIpc) is 2.46. The summed E-state index contributed by atoms with van der Waals surface area (Å²) in [5.41, 5.74) is 0. The van der Waals surface area contributed by atoms with E-state index >= 15 is 0 Å². The predicted octanol–water partition coefficient (Wildman–Crippen LogP) is -0.260. The van der Waals surface area contributed by atoms with Gasteiger partial charge in [0.25, 0.3) is 0 Å². The number of carbonyl (C=O) groups excluding carboxylic acids is 2. The molecule has 0 aromatic heterocycles. The monoisotopic (exact) mass is 301 g/mol. The van der Waals surface area contributed by atoms with Crippen LogP contribution in [-0.4, -0.2) is 78.2 Å². The minimum absolute atomic E-state index is 0.0857. The van der Waals surface area contributed by atoms with Crippen LogP contribution < -0.4 is 5.32 Å². The molecule has 0 aliphatic carbocycles. The lowest BCUT2D eigenvalue weighted by Crippen LogP contribution is -2.54. The van der Waals surface area contributed by atoms with Gasteiger partial charge in [-0.25, -0.2) is 4.79 Å². The minimum atomic E-state index is -0.984. The van der Waals surface area contributed by atoms with Crippen molar-refractivity contribution in [3.63, 3.8) is 0 Å². The summed E-state index contributed by atoms with van der Waals surface area (Å²) in [6.07, 6.45) is -0.169. The summed E-state index contributed by atoms with van der Waals surface area (Å²) in [4.78, 5) is 37.8. The number of hydrogen-bond donors (Lipinski definition) is 2. The molecule has 0 aromatic carbocycles. The van der Waals surface area contributed by atoms with E-state index < -0.39 is 18.0 Å². The third-order valence-electron chi connectivity index (χ3n) is 3.41. The van der Waals surface area contributed by atoms with Gasteiger partial charge in [0, 0.05) is 19.6 Å². The fourth-order valence-electron chi connectivity index (χ4n) is 2.23. The lowest BCUT2D eigenvalue weighted by molar-refractivity contribution is -0.139. The maximum Gasteiger partial charge on any atom is 0.318 e. The van der Waals surface area contributed by atoms with Crippen LogP contribution >= 0.6 is 0 Å². The topological polar surface area (TPSA) is 99.2 Å². The fourth-order valence-corrected chi connectivity index (χ4v) is 2.23. The van der Waals surface area contributed by atoms with Crippen molar-refractivity contribution in [2.45, 2.75) is 26.3 Å². The molecule has 8 nitrogen and oxygen atoms in total. The Morgan fingerprint density at radius 3 is 2.57 bits per heavy atom. The van der Waals surface area contributed by atoms with Crippen molar-refractivity contribution in [2.75, 3.05) is 39.4 Å². The minimum Gasteiger partial charge on any atom is -0.481 e. The molecule has 0 radical (unpaired) electrons. The van der Waals surface area contributed by atoms with E-state index in [1.54, 1.807) is 4.90 Å². The van der Waals surface area contributed by atoms with E-state index in [9.17, 15) is 14.4 Å². The van der Waals surface area contributed by atoms with Gasteiger partial charge < -0.3 is 25.0 Å². The molecule has 2 N–H and O–H groups in total. The van der Waals surface area contributed by atoms with Crippen LogP contribution in [0.3, 0.4) is 0 Å². The molecule has 1 rings (SSSR count). The van der Waals surface area contributed by atoms with Gasteiger partial charge in [-0.1, -0.05) is 0 Å². The van der Waals surface area contributed by atoms with E-state index in [-0.39, 0.29) is 25.5 Å². The Balaban J connectivity index is 2.52. The Morgan fingerprint density at radius 1 is 1.33 bits per heavy atom. The van der Waals surface area contributed by atoms with Crippen LogP contribution in [0.15, 0.2) is 0 Å². The van der Waals surface area contributed by atoms with Crippen molar-refractivity contribution in [3.8, 4) is 0 Å². The molecule has 1 fully saturated rings. The van der Waals surface area contributed by atoms with Gasteiger partial charge in [0.05, 0.1) is 32.2 Å². The first-order chi connectivity index (χ1) is 9.99. The van der Waals surface area contributed by atoms with Crippen molar-refractivity contribution in [3.05, 3.63) is 0 Å². The number of aliphatic carboxylic acids is 1. The summed E-state index contributed by atoms with van der Waals surface area (Å²) in [6, 6.07) is -0.926. The van der Waals surface area contributed by atoms with E-state index in [0.717, 1.165) is 0 Å². The number of carboxylic acid groups (broad SMARTS) is 1. The van der Waals surface area contributed by atoms with Gasteiger partial charge in [-0.15, -0.1) is 0 Å². The first-order valence-electron chi connectivity index (χ1n) is 7.11. The summed E-state index contributed by atoms with van der Waals surface area (Å²) < 4.78 is 5.20. The molecule has 1 heterocycles. The largest absolute Gasteiger partial charge is 0.481 e. The molecule has 1 aliphatic heterocycles. The Labute approximate surface area is 124 Å². The Hall–Kier alpha value is -1.83. The highest BCUT2D eigenvalue weighted by Gasteiger charge is 2.29. The highest BCUT2D eigenvalue weighted by molar-refractivity contribution is 5.84. The van der Waals surface area contributed by atoms with Gasteiger partial charge in [0.2, 0.25) is 5.91 Å². The highest BCUT2D eigenvalue weighted by atomic mass is 16.5. The second-order valence-corrected chi connectivity index (χ2v) is 4.74. The van der Waals surface area contributed by atoms with Crippen molar-refractivity contribution >= 4 is 17.9 Å². The summed E-state index contributed by atoms with van der Waals surface area (Å²) in [5, 5.41) is 11.4. The molecule has 1 atom stereocenters. The molecule has 0 bridgehead atoms. The number of urea groups is 1. The van der Waals surface area contributed by atoms with E-state index in [2.05, 4.69) is 5.32 Å². The zero-order valence-corrected chi connectivity index (χ0v) is 12.5. The average molecular weight is 301 g/mol. The molecule has 8 heteroatoms. The van der Waals surface area contributed by atoms with Gasteiger partial charge in [-0.3, -0.25) is 9.59 Å². The number of amides is 3. The second kappa shape index (κ2) is 8.46. The standard InChI is InChI=1S/C13H23N3O5/c1-3-15(4-2)11(17)8-14-13(20)16-5-6-21-9-10(16)7-12(18)19/h10H,3-9H2,1-2H3,(H,14,20)(H,18,19). The number of rotatable bonds is 6. The van der Waals surface area contributed by atoms with E-state index in [1.165, 1.54) is 4.90 Å². The van der Waals surface area contributed by atoms with Crippen molar-refractivity contribution in [1.29, 1.82) is 0 Å². The molecule has 1 saturated heterocycles. The quantitative estimate of drug-likeness (QED) is 0.704. The van der Waals surface area contributed by atoms with Crippen molar-refractivity contribution < 1.29 is 24.2 Å². The van der Waals surface area contributed by atoms with E-state index in [1.807, 2.05) is 13.8 Å². The maximum atomic E-state index is 12.1. The number of ether oxygens (including phenoxy) is 1. The van der Waals surface area contributed by atoms with Crippen LogP contribution in [0, 0.1) is 0 Å². The van der Waals surface area contributed by atoms with E-state index in [0.29, 0.717) is 26.2 Å². The normalized spacial score (nSPS) is 18.2. The molecule has 1 aliphatic rings. The number of nitrogens with zero attached hydrogens (tertiary/aromatic N) is 2. The lowest BCUT2D eigenvalue weighted by Gasteiger charge is -2.34. The number of nitrogens with one attached hydrogen (secondary N) is 1. The fraction of sp³-hybridized carbons (Fsp3) is 0.769. The predicted molar refractivity (Wildman–Crippen MR) is 74.9 cm³/mol. The molecule has 0 spiro atoms. The van der Waals surface area contributed by atoms with Gasteiger partial charge >= 0.3 is 12.0 Å². The first-order valence-corrected chi connectivity index (χ1v) is 7.11. The SMILES string of the molecule is CCN(CC)C(=O)CNC(=O)N1CCOCC1CC(=O)O. The molecule has 1 unspecified atom stereocenters. The number of carboxylic acids is 1. The zero-order chi connectivity index (χ0) is 15.8. The summed E-state index contributed by atoms with van der Waals surface area (Å²) in [5.74, 6) is -1.14. The summed E-state index contributed by atoms with van der Waals surface area (Å²) in [6.45, 7) is 5.72.